The minimum atomic E-state index is 0.396. The molecule has 0 unspecified atom stereocenters. The zero-order valence-corrected chi connectivity index (χ0v) is 15.6. The maximum Gasteiger partial charge on any atom is 0.146 e. The summed E-state index contributed by atoms with van der Waals surface area (Å²) >= 11 is 0. The van der Waals surface area contributed by atoms with Crippen molar-refractivity contribution >= 4 is 5.69 Å². The van der Waals surface area contributed by atoms with Gasteiger partial charge in [0.25, 0.3) is 0 Å². The van der Waals surface area contributed by atoms with Gasteiger partial charge in [-0.05, 0) is 54.1 Å². The summed E-state index contributed by atoms with van der Waals surface area (Å²) < 4.78 is 11.6. The number of H-pyrrole nitrogens is 1. The summed E-state index contributed by atoms with van der Waals surface area (Å²) in [5, 5.41) is 3.11. The van der Waals surface area contributed by atoms with Crippen LogP contribution in [0.4, 0.5) is 5.69 Å². The standard InChI is InChI=1S/C23H21N3O2/c1-24-18-6-5-9-21(14-18)28-20-12-10-17(11-13-20)22-15-25-23(26-22)16-27-19-7-3-2-4-8-19/h2-15,24H,16H2,1H3,(H,25,26). The van der Waals surface area contributed by atoms with Crippen LogP contribution in [0.1, 0.15) is 5.82 Å². The summed E-state index contributed by atoms with van der Waals surface area (Å²) in [7, 11) is 1.89. The second-order valence-electron chi connectivity index (χ2n) is 6.25. The fraction of sp³-hybridized carbons (Fsp3) is 0.0870. The molecule has 0 radical (unpaired) electrons. The fourth-order valence-electron chi connectivity index (χ4n) is 2.80. The number of nitrogens with one attached hydrogen (secondary N) is 2. The van der Waals surface area contributed by atoms with Crippen molar-refractivity contribution < 1.29 is 9.47 Å². The number of anilines is 1. The zero-order chi connectivity index (χ0) is 19.2. The first kappa shape index (κ1) is 17.7. The highest BCUT2D eigenvalue weighted by molar-refractivity contribution is 5.60. The molecule has 0 aliphatic heterocycles. The van der Waals surface area contributed by atoms with Crippen LogP contribution in [0.5, 0.6) is 17.2 Å². The van der Waals surface area contributed by atoms with Gasteiger partial charge in [0.2, 0.25) is 0 Å². The van der Waals surface area contributed by atoms with E-state index in [2.05, 4.69) is 15.3 Å². The van der Waals surface area contributed by atoms with Crippen LogP contribution in [0.3, 0.4) is 0 Å². The van der Waals surface area contributed by atoms with Gasteiger partial charge in [0.15, 0.2) is 0 Å². The number of benzene rings is 3. The summed E-state index contributed by atoms with van der Waals surface area (Å²) in [4.78, 5) is 7.70. The van der Waals surface area contributed by atoms with Gasteiger partial charge in [0.1, 0.15) is 29.7 Å². The van der Waals surface area contributed by atoms with Crippen LogP contribution in [0.2, 0.25) is 0 Å². The lowest BCUT2D eigenvalue weighted by atomic mass is 10.1. The summed E-state index contributed by atoms with van der Waals surface area (Å²) in [5.41, 5.74) is 2.99. The number of aromatic nitrogens is 2. The molecule has 0 aliphatic carbocycles. The molecule has 28 heavy (non-hydrogen) atoms. The summed E-state index contributed by atoms with van der Waals surface area (Å²) in [6.07, 6.45) is 1.82. The molecular weight excluding hydrogens is 350 g/mol. The minimum absolute atomic E-state index is 0.396. The van der Waals surface area contributed by atoms with E-state index in [4.69, 9.17) is 9.47 Å². The molecule has 5 nitrogen and oxygen atoms in total. The average molecular weight is 371 g/mol. The number of aromatic amines is 1. The molecule has 0 spiro atoms. The number of imidazole rings is 1. The molecule has 0 amide bonds. The summed E-state index contributed by atoms with van der Waals surface area (Å²) in [6, 6.07) is 25.5. The number of hydrogen-bond donors (Lipinski definition) is 2. The van der Waals surface area contributed by atoms with Crippen molar-refractivity contribution in [3.05, 3.63) is 90.9 Å². The van der Waals surface area contributed by atoms with Crippen molar-refractivity contribution in [1.29, 1.82) is 0 Å². The largest absolute Gasteiger partial charge is 0.486 e. The average Bonchev–Trinajstić information content (AvgIpc) is 3.23. The number of nitrogens with zero attached hydrogens (tertiary/aromatic N) is 1. The third-order valence-electron chi connectivity index (χ3n) is 4.27. The molecule has 0 fully saturated rings. The summed E-state index contributed by atoms with van der Waals surface area (Å²) in [5.74, 6) is 3.18. The van der Waals surface area contributed by atoms with Gasteiger partial charge in [-0.3, -0.25) is 0 Å². The van der Waals surface area contributed by atoms with Gasteiger partial charge in [0.05, 0.1) is 11.9 Å². The molecule has 3 aromatic carbocycles. The quantitative estimate of drug-likeness (QED) is 0.451. The lowest BCUT2D eigenvalue weighted by molar-refractivity contribution is 0.297. The van der Waals surface area contributed by atoms with E-state index in [1.54, 1.807) is 0 Å². The van der Waals surface area contributed by atoms with E-state index < -0.39 is 0 Å². The predicted octanol–water partition coefficient (Wildman–Crippen LogP) is 5.49. The van der Waals surface area contributed by atoms with Crippen LogP contribution in [-0.2, 0) is 6.61 Å². The molecule has 140 valence electrons. The van der Waals surface area contributed by atoms with E-state index in [1.807, 2.05) is 92.1 Å². The Morgan fingerprint density at radius 2 is 1.64 bits per heavy atom. The number of para-hydroxylation sites is 1. The first-order chi connectivity index (χ1) is 13.8. The van der Waals surface area contributed by atoms with Gasteiger partial charge in [-0.2, -0.15) is 0 Å². The van der Waals surface area contributed by atoms with E-state index in [0.29, 0.717) is 6.61 Å². The van der Waals surface area contributed by atoms with E-state index in [-0.39, 0.29) is 0 Å². The second kappa shape index (κ2) is 8.31. The number of ether oxygens (including phenoxy) is 2. The Labute approximate surface area is 164 Å². The monoisotopic (exact) mass is 371 g/mol. The van der Waals surface area contributed by atoms with E-state index in [1.165, 1.54) is 0 Å². The maximum absolute atomic E-state index is 5.92. The predicted molar refractivity (Wildman–Crippen MR) is 111 cm³/mol. The summed E-state index contributed by atoms with van der Waals surface area (Å²) in [6.45, 7) is 0.396. The topological polar surface area (TPSA) is 59.2 Å². The van der Waals surface area contributed by atoms with Crippen LogP contribution in [0, 0.1) is 0 Å². The van der Waals surface area contributed by atoms with Crippen LogP contribution >= 0.6 is 0 Å². The fourth-order valence-corrected chi connectivity index (χ4v) is 2.80. The first-order valence-corrected chi connectivity index (χ1v) is 9.08. The highest BCUT2D eigenvalue weighted by atomic mass is 16.5. The Bertz CT molecular complexity index is 1030. The smallest absolute Gasteiger partial charge is 0.146 e. The molecule has 4 aromatic rings. The van der Waals surface area contributed by atoms with E-state index >= 15 is 0 Å². The number of hydrogen-bond acceptors (Lipinski definition) is 4. The molecule has 0 aliphatic rings. The van der Waals surface area contributed by atoms with Gasteiger partial charge < -0.3 is 19.8 Å². The van der Waals surface area contributed by atoms with Crippen molar-refractivity contribution in [2.45, 2.75) is 6.61 Å². The first-order valence-electron chi connectivity index (χ1n) is 9.08. The Morgan fingerprint density at radius 1 is 0.857 bits per heavy atom. The highest BCUT2D eigenvalue weighted by Gasteiger charge is 2.05. The van der Waals surface area contributed by atoms with Crippen LogP contribution in [0.15, 0.2) is 85.1 Å². The van der Waals surface area contributed by atoms with Crippen molar-refractivity contribution in [1.82, 2.24) is 9.97 Å². The Morgan fingerprint density at radius 3 is 2.43 bits per heavy atom. The molecule has 0 saturated carbocycles. The highest BCUT2D eigenvalue weighted by Crippen LogP contribution is 2.26. The van der Waals surface area contributed by atoms with Gasteiger partial charge in [-0.25, -0.2) is 4.98 Å². The van der Waals surface area contributed by atoms with Crippen molar-refractivity contribution in [3.8, 4) is 28.5 Å². The SMILES string of the molecule is CNc1cccc(Oc2ccc(-c3cnc(COc4ccccc4)[nH]3)cc2)c1. The lowest BCUT2D eigenvalue weighted by Gasteiger charge is -2.08. The number of rotatable bonds is 7. The molecule has 4 rings (SSSR count). The Balaban J connectivity index is 1.40. The van der Waals surface area contributed by atoms with Crippen LogP contribution in [-0.4, -0.2) is 17.0 Å². The normalized spacial score (nSPS) is 10.5. The maximum atomic E-state index is 5.92. The molecule has 0 saturated heterocycles. The van der Waals surface area contributed by atoms with Gasteiger partial charge in [0, 0.05) is 18.8 Å². The van der Waals surface area contributed by atoms with Crippen molar-refractivity contribution in [3.63, 3.8) is 0 Å². The van der Waals surface area contributed by atoms with Crippen LogP contribution in [0.25, 0.3) is 11.3 Å². The molecular formula is C23H21N3O2. The van der Waals surface area contributed by atoms with E-state index in [0.717, 1.165) is 40.0 Å². The Hall–Kier alpha value is -3.73. The zero-order valence-electron chi connectivity index (χ0n) is 15.6. The molecule has 1 heterocycles. The molecule has 5 heteroatoms. The van der Waals surface area contributed by atoms with E-state index in [9.17, 15) is 0 Å². The molecule has 2 N–H and O–H groups in total. The van der Waals surface area contributed by atoms with Crippen molar-refractivity contribution in [2.24, 2.45) is 0 Å². The van der Waals surface area contributed by atoms with Gasteiger partial charge in [-0.15, -0.1) is 0 Å². The molecule has 1 aromatic heterocycles. The van der Waals surface area contributed by atoms with Crippen molar-refractivity contribution in [2.75, 3.05) is 12.4 Å². The lowest BCUT2D eigenvalue weighted by Crippen LogP contribution is -1.97. The minimum Gasteiger partial charge on any atom is -0.486 e. The van der Waals surface area contributed by atoms with Crippen LogP contribution < -0.4 is 14.8 Å². The van der Waals surface area contributed by atoms with Gasteiger partial charge in [-0.1, -0.05) is 24.3 Å². The Kier molecular flexibility index (Phi) is 5.24. The second-order valence-corrected chi connectivity index (χ2v) is 6.25. The van der Waals surface area contributed by atoms with Gasteiger partial charge >= 0.3 is 0 Å². The molecule has 0 atom stereocenters. The third kappa shape index (κ3) is 4.32. The third-order valence-corrected chi connectivity index (χ3v) is 4.27. The molecule has 0 bridgehead atoms.